The standard InChI is InChI=1S/C19H22N2O2S/c1-14-6-2-3-7-15(14)12-20-16-8-4-5-9-17(16)21-18(22)19(23)10-11-24-13-19/h2-9,20,23H,10-13H2,1H3,(H,21,22). The topological polar surface area (TPSA) is 61.4 Å². The van der Waals surface area contributed by atoms with Crippen molar-refractivity contribution >= 4 is 29.0 Å². The zero-order chi connectivity index (χ0) is 17.0. The summed E-state index contributed by atoms with van der Waals surface area (Å²) in [6.45, 7) is 2.76. The highest BCUT2D eigenvalue weighted by Crippen LogP contribution is 2.30. The van der Waals surface area contributed by atoms with E-state index in [0.717, 1.165) is 11.4 Å². The maximum atomic E-state index is 12.4. The van der Waals surface area contributed by atoms with E-state index in [1.165, 1.54) is 11.1 Å². The Morgan fingerprint density at radius 3 is 2.58 bits per heavy atom. The maximum Gasteiger partial charge on any atom is 0.257 e. The molecule has 24 heavy (non-hydrogen) atoms. The van der Waals surface area contributed by atoms with Gasteiger partial charge >= 0.3 is 0 Å². The second-order valence-electron chi connectivity index (χ2n) is 6.11. The second kappa shape index (κ2) is 7.28. The molecule has 1 amide bonds. The van der Waals surface area contributed by atoms with E-state index >= 15 is 0 Å². The van der Waals surface area contributed by atoms with Gasteiger partial charge in [-0.15, -0.1) is 0 Å². The van der Waals surface area contributed by atoms with Crippen molar-refractivity contribution in [3.63, 3.8) is 0 Å². The normalized spacial score (nSPS) is 19.9. The molecule has 0 radical (unpaired) electrons. The predicted octanol–water partition coefficient (Wildman–Crippen LogP) is 3.41. The number of hydrogen-bond donors (Lipinski definition) is 3. The average Bonchev–Trinajstić information content (AvgIpc) is 3.03. The van der Waals surface area contributed by atoms with Crippen molar-refractivity contribution in [3.05, 3.63) is 59.7 Å². The summed E-state index contributed by atoms with van der Waals surface area (Å²) in [4.78, 5) is 12.4. The second-order valence-corrected chi connectivity index (χ2v) is 7.22. The third kappa shape index (κ3) is 3.74. The lowest BCUT2D eigenvalue weighted by Gasteiger charge is -2.21. The lowest BCUT2D eigenvalue weighted by atomic mass is 10.0. The van der Waals surface area contributed by atoms with Crippen LogP contribution in [0.2, 0.25) is 0 Å². The quantitative estimate of drug-likeness (QED) is 0.779. The summed E-state index contributed by atoms with van der Waals surface area (Å²) < 4.78 is 0. The molecule has 1 atom stereocenters. The minimum Gasteiger partial charge on any atom is -0.379 e. The van der Waals surface area contributed by atoms with Gasteiger partial charge in [0.1, 0.15) is 0 Å². The molecule has 126 valence electrons. The highest BCUT2D eigenvalue weighted by atomic mass is 32.2. The van der Waals surface area contributed by atoms with E-state index in [0.29, 0.717) is 24.4 Å². The molecule has 1 saturated heterocycles. The van der Waals surface area contributed by atoms with Crippen LogP contribution in [0.1, 0.15) is 17.5 Å². The molecule has 0 aliphatic carbocycles. The number of carbonyl (C=O) groups excluding carboxylic acids is 1. The van der Waals surface area contributed by atoms with Crippen molar-refractivity contribution in [3.8, 4) is 0 Å². The number of para-hydroxylation sites is 2. The molecule has 2 aromatic carbocycles. The van der Waals surface area contributed by atoms with Crippen LogP contribution in [0.5, 0.6) is 0 Å². The highest BCUT2D eigenvalue weighted by molar-refractivity contribution is 7.99. The van der Waals surface area contributed by atoms with Crippen LogP contribution in [0.4, 0.5) is 11.4 Å². The van der Waals surface area contributed by atoms with Gasteiger partial charge in [0.05, 0.1) is 11.4 Å². The van der Waals surface area contributed by atoms with Gasteiger partial charge in [-0.3, -0.25) is 4.79 Å². The van der Waals surface area contributed by atoms with Crippen molar-refractivity contribution in [1.29, 1.82) is 0 Å². The molecule has 2 aromatic rings. The zero-order valence-electron chi connectivity index (χ0n) is 13.7. The SMILES string of the molecule is Cc1ccccc1CNc1ccccc1NC(=O)C1(O)CCSC1. The van der Waals surface area contributed by atoms with Crippen LogP contribution in [0, 0.1) is 6.92 Å². The van der Waals surface area contributed by atoms with Gasteiger partial charge in [0.15, 0.2) is 5.60 Å². The number of aryl methyl sites for hydroxylation is 1. The number of anilines is 2. The van der Waals surface area contributed by atoms with Crippen LogP contribution >= 0.6 is 11.8 Å². The molecule has 1 aliphatic heterocycles. The molecule has 1 aliphatic rings. The van der Waals surface area contributed by atoms with E-state index in [1.807, 2.05) is 36.4 Å². The number of aliphatic hydroxyl groups is 1. The fourth-order valence-corrected chi connectivity index (χ4v) is 3.96. The summed E-state index contributed by atoms with van der Waals surface area (Å²) in [6, 6.07) is 15.8. The van der Waals surface area contributed by atoms with E-state index < -0.39 is 5.60 Å². The molecular weight excluding hydrogens is 320 g/mol. The number of hydrogen-bond acceptors (Lipinski definition) is 4. The Morgan fingerprint density at radius 2 is 1.88 bits per heavy atom. The predicted molar refractivity (Wildman–Crippen MR) is 100 cm³/mol. The van der Waals surface area contributed by atoms with E-state index in [2.05, 4.69) is 29.7 Å². The molecule has 4 nitrogen and oxygen atoms in total. The Kier molecular flexibility index (Phi) is 5.11. The van der Waals surface area contributed by atoms with Gasteiger partial charge in [-0.25, -0.2) is 0 Å². The molecule has 3 rings (SSSR count). The molecular formula is C19H22N2O2S. The van der Waals surface area contributed by atoms with Crippen LogP contribution in [-0.2, 0) is 11.3 Å². The van der Waals surface area contributed by atoms with Crippen LogP contribution < -0.4 is 10.6 Å². The van der Waals surface area contributed by atoms with Gasteiger partial charge in [-0.2, -0.15) is 11.8 Å². The summed E-state index contributed by atoms with van der Waals surface area (Å²) in [5, 5.41) is 16.7. The van der Waals surface area contributed by atoms with Crippen molar-refractivity contribution < 1.29 is 9.90 Å². The minimum atomic E-state index is -1.26. The van der Waals surface area contributed by atoms with Gasteiger partial charge in [0.2, 0.25) is 0 Å². The van der Waals surface area contributed by atoms with Gasteiger partial charge in [0.25, 0.3) is 5.91 Å². The number of carbonyl (C=O) groups is 1. The molecule has 1 unspecified atom stereocenters. The first-order valence-corrected chi connectivity index (χ1v) is 9.23. The lowest BCUT2D eigenvalue weighted by Crippen LogP contribution is -2.43. The van der Waals surface area contributed by atoms with Crippen LogP contribution in [0.25, 0.3) is 0 Å². The molecule has 0 saturated carbocycles. The first-order chi connectivity index (χ1) is 11.6. The molecule has 1 heterocycles. The summed E-state index contributed by atoms with van der Waals surface area (Å²) >= 11 is 1.61. The molecule has 3 N–H and O–H groups in total. The van der Waals surface area contributed by atoms with E-state index in [1.54, 1.807) is 11.8 Å². The number of nitrogens with one attached hydrogen (secondary N) is 2. The molecule has 0 spiro atoms. The smallest absolute Gasteiger partial charge is 0.257 e. The summed E-state index contributed by atoms with van der Waals surface area (Å²) in [5.41, 5.74) is 2.73. The number of rotatable bonds is 5. The summed E-state index contributed by atoms with van der Waals surface area (Å²) in [6.07, 6.45) is 0.502. The van der Waals surface area contributed by atoms with E-state index in [9.17, 15) is 9.90 Å². The Labute approximate surface area is 146 Å². The summed E-state index contributed by atoms with van der Waals surface area (Å²) in [7, 11) is 0. The zero-order valence-corrected chi connectivity index (χ0v) is 14.5. The third-order valence-corrected chi connectivity index (χ3v) is 5.50. The maximum absolute atomic E-state index is 12.4. The fourth-order valence-electron chi connectivity index (χ4n) is 2.72. The van der Waals surface area contributed by atoms with Crippen molar-refractivity contribution in [1.82, 2.24) is 0 Å². The lowest BCUT2D eigenvalue weighted by molar-refractivity contribution is -0.131. The van der Waals surface area contributed by atoms with Gasteiger partial charge in [-0.1, -0.05) is 36.4 Å². The van der Waals surface area contributed by atoms with Crippen molar-refractivity contribution in [2.75, 3.05) is 22.1 Å². The first kappa shape index (κ1) is 16.9. The molecule has 0 bridgehead atoms. The Hall–Kier alpha value is -1.98. The van der Waals surface area contributed by atoms with Crippen molar-refractivity contribution in [2.45, 2.75) is 25.5 Å². The molecule has 5 heteroatoms. The van der Waals surface area contributed by atoms with Crippen LogP contribution in [-0.4, -0.2) is 28.1 Å². The average molecular weight is 342 g/mol. The molecule has 0 aromatic heterocycles. The Balaban J connectivity index is 1.71. The highest BCUT2D eigenvalue weighted by Gasteiger charge is 2.39. The van der Waals surface area contributed by atoms with Crippen molar-refractivity contribution in [2.24, 2.45) is 0 Å². The monoisotopic (exact) mass is 342 g/mol. The number of benzene rings is 2. The minimum absolute atomic E-state index is 0.322. The van der Waals surface area contributed by atoms with Gasteiger partial charge in [-0.05, 0) is 42.4 Å². The van der Waals surface area contributed by atoms with Gasteiger partial charge in [0, 0.05) is 12.3 Å². The Bertz CT molecular complexity index is 727. The Morgan fingerprint density at radius 1 is 1.17 bits per heavy atom. The molecule has 1 fully saturated rings. The van der Waals surface area contributed by atoms with Crippen LogP contribution in [0.3, 0.4) is 0 Å². The van der Waals surface area contributed by atoms with Gasteiger partial charge < -0.3 is 15.7 Å². The van der Waals surface area contributed by atoms with Crippen LogP contribution in [0.15, 0.2) is 48.5 Å². The largest absolute Gasteiger partial charge is 0.379 e. The third-order valence-electron chi connectivity index (χ3n) is 4.33. The fraction of sp³-hybridized carbons (Fsp3) is 0.316. The van der Waals surface area contributed by atoms with E-state index in [-0.39, 0.29) is 5.91 Å². The number of thioether (sulfide) groups is 1. The summed E-state index contributed by atoms with van der Waals surface area (Å²) in [5.74, 6) is 0.951. The number of amides is 1. The first-order valence-electron chi connectivity index (χ1n) is 8.07. The van der Waals surface area contributed by atoms with E-state index in [4.69, 9.17) is 0 Å².